The number of carbonyl (C=O) groups excluding carboxylic acids is 2. The number of anilines is 1. The van der Waals surface area contributed by atoms with Gasteiger partial charge in [-0.05, 0) is 59.7 Å². The Morgan fingerprint density at radius 3 is 2.63 bits per heavy atom. The van der Waals surface area contributed by atoms with Gasteiger partial charge in [-0.25, -0.2) is 0 Å². The second kappa shape index (κ2) is 6.85. The van der Waals surface area contributed by atoms with Crippen molar-refractivity contribution in [3.8, 4) is 0 Å². The Morgan fingerprint density at radius 1 is 1.26 bits per heavy atom. The number of amides is 2. The SMILES string of the molecule is O=C(NC[C@H]1CCCO1)C(=O)Nc1ccc(I)cc1. The number of halogens is 1. The molecule has 2 N–H and O–H groups in total. The molecule has 1 saturated heterocycles. The largest absolute Gasteiger partial charge is 0.376 e. The van der Waals surface area contributed by atoms with Crippen LogP contribution >= 0.6 is 22.6 Å². The van der Waals surface area contributed by atoms with Gasteiger partial charge in [0.25, 0.3) is 0 Å². The number of hydrogen-bond acceptors (Lipinski definition) is 3. The lowest BCUT2D eigenvalue weighted by Crippen LogP contribution is -2.39. The summed E-state index contributed by atoms with van der Waals surface area (Å²) in [4.78, 5) is 23.2. The van der Waals surface area contributed by atoms with Crippen LogP contribution in [-0.4, -0.2) is 31.1 Å². The van der Waals surface area contributed by atoms with Crippen LogP contribution in [0.25, 0.3) is 0 Å². The zero-order valence-corrected chi connectivity index (χ0v) is 12.5. The van der Waals surface area contributed by atoms with Crippen molar-refractivity contribution in [3.05, 3.63) is 27.8 Å². The summed E-state index contributed by atoms with van der Waals surface area (Å²) in [5, 5.41) is 5.13. The Bertz CT molecular complexity index is 455. The smallest absolute Gasteiger partial charge is 0.313 e. The number of ether oxygens (including phenoxy) is 1. The highest BCUT2D eigenvalue weighted by molar-refractivity contribution is 14.1. The van der Waals surface area contributed by atoms with E-state index in [4.69, 9.17) is 4.74 Å². The van der Waals surface area contributed by atoms with Crippen molar-refractivity contribution < 1.29 is 14.3 Å². The molecule has 0 radical (unpaired) electrons. The predicted molar refractivity (Wildman–Crippen MR) is 79.8 cm³/mol. The maximum Gasteiger partial charge on any atom is 0.313 e. The molecule has 6 heteroatoms. The second-order valence-electron chi connectivity index (χ2n) is 4.31. The van der Waals surface area contributed by atoms with Crippen molar-refractivity contribution in [2.45, 2.75) is 18.9 Å². The van der Waals surface area contributed by atoms with E-state index in [-0.39, 0.29) is 6.10 Å². The molecule has 1 aliphatic rings. The maximum atomic E-state index is 11.6. The molecular formula is C13H15IN2O3. The van der Waals surface area contributed by atoms with E-state index in [1.54, 1.807) is 12.1 Å². The minimum absolute atomic E-state index is 0.0371. The lowest BCUT2D eigenvalue weighted by molar-refractivity contribution is -0.136. The molecule has 0 bridgehead atoms. The molecular weight excluding hydrogens is 359 g/mol. The second-order valence-corrected chi connectivity index (χ2v) is 5.55. The topological polar surface area (TPSA) is 67.4 Å². The molecule has 1 aromatic rings. The molecule has 19 heavy (non-hydrogen) atoms. The van der Waals surface area contributed by atoms with Gasteiger partial charge in [0.05, 0.1) is 6.10 Å². The summed E-state index contributed by atoms with van der Waals surface area (Å²) in [7, 11) is 0. The normalized spacial score (nSPS) is 18.1. The van der Waals surface area contributed by atoms with E-state index in [0.29, 0.717) is 12.2 Å². The first kappa shape index (κ1) is 14.3. The quantitative estimate of drug-likeness (QED) is 0.623. The summed E-state index contributed by atoms with van der Waals surface area (Å²) in [5.74, 6) is -1.28. The monoisotopic (exact) mass is 374 g/mol. The van der Waals surface area contributed by atoms with Gasteiger partial charge in [0.15, 0.2) is 0 Å². The molecule has 1 aliphatic heterocycles. The number of nitrogens with one attached hydrogen (secondary N) is 2. The van der Waals surface area contributed by atoms with E-state index >= 15 is 0 Å². The van der Waals surface area contributed by atoms with Crippen molar-refractivity contribution in [2.24, 2.45) is 0 Å². The zero-order valence-electron chi connectivity index (χ0n) is 10.3. The van der Waals surface area contributed by atoms with Gasteiger partial charge in [-0.15, -0.1) is 0 Å². The minimum Gasteiger partial charge on any atom is -0.376 e. The average molecular weight is 374 g/mol. The summed E-state index contributed by atoms with van der Waals surface area (Å²) in [6.07, 6.45) is 1.98. The first-order valence-electron chi connectivity index (χ1n) is 6.11. The molecule has 102 valence electrons. The van der Waals surface area contributed by atoms with E-state index < -0.39 is 11.8 Å². The van der Waals surface area contributed by atoms with Gasteiger partial charge in [-0.1, -0.05) is 0 Å². The molecule has 0 saturated carbocycles. The summed E-state index contributed by atoms with van der Waals surface area (Å²) in [5.41, 5.74) is 0.609. The van der Waals surface area contributed by atoms with Crippen LogP contribution in [-0.2, 0) is 14.3 Å². The molecule has 1 aromatic carbocycles. The summed E-state index contributed by atoms with van der Waals surface area (Å²) in [6, 6.07) is 7.24. The molecule has 2 amide bonds. The minimum atomic E-state index is -0.654. The lowest BCUT2D eigenvalue weighted by atomic mass is 10.2. The van der Waals surface area contributed by atoms with Gasteiger partial charge in [0.1, 0.15) is 0 Å². The van der Waals surface area contributed by atoms with E-state index in [9.17, 15) is 9.59 Å². The number of rotatable bonds is 3. The average Bonchev–Trinajstić information content (AvgIpc) is 2.91. The van der Waals surface area contributed by atoms with E-state index in [0.717, 1.165) is 23.0 Å². The Labute approximate surface area is 125 Å². The number of hydrogen-bond donors (Lipinski definition) is 2. The van der Waals surface area contributed by atoms with Crippen molar-refractivity contribution in [1.82, 2.24) is 5.32 Å². The molecule has 1 atom stereocenters. The fraction of sp³-hybridized carbons (Fsp3) is 0.385. The summed E-state index contributed by atoms with van der Waals surface area (Å²) >= 11 is 2.17. The van der Waals surface area contributed by atoms with Gasteiger partial charge in [-0.2, -0.15) is 0 Å². The highest BCUT2D eigenvalue weighted by Gasteiger charge is 2.19. The van der Waals surface area contributed by atoms with Gasteiger partial charge in [0, 0.05) is 22.4 Å². The van der Waals surface area contributed by atoms with Crippen molar-refractivity contribution >= 4 is 40.1 Å². The van der Waals surface area contributed by atoms with E-state index in [2.05, 4.69) is 33.2 Å². The molecule has 0 aromatic heterocycles. The van der Waals surface area contributed by atoms with Gasteiger partial charge in [0.2, 0.25) is 0 Å². The van der Waals surface area contributed by atoms with Crippen molar-refractivity contribution in [1.29, 1.82) is 0 Å². The predicted octanol–water partition coefficient (Wildman–Crippen LogP) is 1.52. The Hall–Kier alpha value is -1.15. The van der Waals surface area contributed by atoms with Crippen LogP contribution < -0.4 is 10.6 Å². The fourth-order valence-corrected chi connectivity index (χ4v) is 2.17. The first-order chi connectivity index (χ1) is 9.15. The first-order valence-corrected chi connectivity index (χ1v) is 7.19. The standard InChI is InChI=1S/C13H15IN2O3/c14-9-3-5-10(6-4-9)16-13(18)12(17)15-8-11-2-1-7-19-11/h3-6,11H,1-2,7-8H2,(H,15,17)(H,16,18)/t11-/m1/s1. The van der Waals surface area contributed by atoms with Gasteiger partial charge in [-0.3, -0.25) is 9.59 Å². The van der Waals surface area contributed by atoms with Crippen LogP contribution in [0.1, 0.15) is 12.8 Å². The van der Waals surface area contributed by atoms with Crippen LogP contribution in [0.15, 0.2) is 24.3 Å². The van der Waals surface area contributed by atoms with Crippen molar-refractivity contribution in [2.75, 3.05) is 18.5 Å². The molecule has 0 unspecified atom stereocenters. The van der Waals surface area contributed by atoms with Crippen LogP contribution in [0.4, 0.5) is 5.69 Å². The molecule has 5 nitrogen and oxygen atoms in total. The maximum absolute atomic E-state index is 11.6. The highest BCUT2D eigenvalue weighted by atomic mass is 127. The number of benzene rings is 1. The summed E-state index contributed by atoms with van der Waals surface area (Å²) in [6.45, 7) is 1.12. The van der Waals surface area contributed by atoms with Crippen molar-refractivity contribution in [3.63, 3.8) is 0 Å². The van der Waals surface area contributed by atoms with Crippen LogP contribution in [0.3, 0.4) is 0 Å². The zero-order chi connectivity index (χ0) is 13.7. The third-order valence-electron chi connectivity index (χ3n) is 2.82. The third kappa shape index (κ3) is 4.46. The van der Waals surface area contributed by atoms with E-state index in [1.807, 2.05) is 12.1 Å². The van der Waals surface area contributed by atoms with Gasteiger partial charge >= 0.3 is 11.8 Å². The highest BCUT2D eigenvalue weighted by Crippen LogP contribution is 2.11. The Kier molecular flexibility index (Phi) is 5.15. The summed E-state index contributed by atoms with van der Waals surface area (Å²) < 4.78 is 6.44. The fourth-order valence-electron chi connectivity index (χ4n) is 1.81. The van der Waals surface area contributed by atoms with Crippen LogP contribution in [0.5, 0.6) is 0 Å². The molecule has 0 aliphatic carbocycles. The molecule has 1 fully saturated rings. The third-order valence-corrected chi connectivity index (χ3v) is 3.54. The molecule has 2 rings (SSSR count). The molecule has 1 heterocycles. The Balaban J connectivity index is 1.78. The Morgan fingerprint density at radius 2 is 2.00 bits per heavy atom. The molecule has 0 spiro atoms. The van der Waals surface area contributed by atoms with Crippen LogP contribution in [0, 0.1) is 3.57 Å². The van der Waals surface area contributed by atoms with E-state index in [1.165, 1.54) is 0 Å². The van der Waals surface area contributed by atoms with Crippen LogP contribution in [0.2, 0.25) is 0 Å². The number of carbonyl (C=O) groups is 2. The lowest BCUT2D eigenvalue weighted by Gasteiger charge is -2.10. The van der Waals surface area contributed by atoms with Gasteiger partial charge < -0.3 is 15.4 Å².